The third-order valence-corrected chi connectivity index (χ3v) is 4.68. The Morgan fingerprint density at radius 1 is 1.12 bits per heavy atom. The lowest BCUT2D eigenvalue weighted by Gasteiger charge is -2.34. The van der Waals surface area contributed by atoms with Crippen molar-refractivity contribution in [2.45, 2.75) is 0 Å². The first-order chi connectivity index (χ1) is 11.5. The van der Waals surface area contributed by atoms with Crippen molar-refractivity contribution < 1.29 is 4.79 Å². The maximum atomic E-state index is 12.5. The second kappa shape index (κ2) is 7.38. The smallest absolute Gasteiger partial charge is 0.274 e. The average Bonchev–Trinajstić information content (AvgIpc) is 2.59. The molecule has 0 aliphatic carbocycles. The number of nitrogens with zero attached hydrogens (tertiary/aromatic N) is 3. The van der Waals surface area contributed by atoms with Crippen LogP contribution in [0.1, 0.15) is 10.5 Å². The molecule has 7 heteroatoms. The van der Waals surface area contributed by atoms with E-state index in [0.29, 0.717) is 21.4 Å². The number of benzene rings is 1. The van der Waals surface area contributed by atoms with Crippen LogP contribution in [0.25, 0.3) is 0 Å². The third-order valence-electron chi connectivity index (χ3n) is 4.05. The lowest BCUT2D eigenvalue weighted by atomic mass is 10.2. The molecule has 126 valence electrons. The number of aromatic nitrogens is 1. The van der Waals surface area contributed by atoms with Gasteiger partial charge in [-0.2, -0.15) is 0 Å². The molecule has 0 atom stereocenters. The number of likely N-dealkylation sites (N-methyl/N-ethyl adjacent to an activating group) is 1. The molecular formula is C17H18Cl2N4O. The molecule has 1 aliphatic rings. The topological polar surface area (TPSA) is 48.5 Å². The summed E-state index contributed by atoms with van der Waals surface area (Å²) in [4.78, 5) is 21.2. The quantitative estimate of drug-likeness (QED) is 0.906. The molecule has 0 unspecified atom stereocenters. The first-order valence-electron chi connectivity index (χ1n) is 7.69. The molecule has 24 heavy (non-hydrogen) atoms. The van der Waals surface area contributed by atoms with E-state index in [4.69, 9.17) is 23.2 Å². The molecule has 1 saturated heterocycles. The third kappa shape index (κ3) is 3.80. The highest BCUT2D eigenvalue weighted by Crippen LogP contribution is 2.30. The summed E-state index contributed by atoms with van der Waals surface area (Å²) in [6.07, 6.45) is 1.65. The number of nitrogens with one attached hydrogen (secondary N) is 1. The highest BCUT2D eigenvalue weighted by molar-refractivity contribution is 6.40. The van der Waals surface area contributed by atoms with Crippen LogP contribution in [0.5, 0.6) is 0 Å². The lowest BCUT2D eigenvalue weighted by Crippen LogP contribution is -2.44. The first-order valence-corrected chi connectivity index (χ1v) is 8.45. The SMILES string of the molecule is CN1CCN(c2ccnc(C(=O)Nc3c(Cl)cccc3Cl)c2)CC1. The van der Waals surface area contributed by atoms with E-state index in [9.17, 15) is 4.79 Å². The summed E-state index contributed by atoms with van der Waals surface area (Å²) < 4.78 is 0. The minimum atomic E-state index is -0.332. The molecule has 0 radical (unpaired) electrons. The number of halogens is 2. The molecule has 1 N–H and O–H groups in total. The van der Waals surface area contributed by atoms with Crippen LogP contribution in [-0.2, 0) is 0 Å². The van der Waals surface area contributed by atoms with Crippen LogP contribution in [0.3, 0.4) is 0 Å². The lowest BCUT2D eigenvalue weighted by molar-refractivity contribution is 0.102. The molecule has 3 rings (SSSR count). The van der Waals surface area contributed by atoms with Crippen molar-refractivity contribution in [2.24, 2.45) is 0 Å². The molecule has 2 heterocycles. The molecular weight excluding hydrogens is 347 g/mol. The van der Waals surface area contributed by atoms with Gasteiger partial charge in [-0.15, -0.1) is 0 Å². The van der Waals surface area contributed by atoms with E-state index in [1.54, 1.807) is 30.5 Å². The molecule has 5 nitrogen and oxygen atoms in total. The molecule has 2 aromatic rings. The predicted octanol–water partition coefficient (Wildman–Crippen LogP) is 3.39. The molecule has 0 spiro atoms. The van der Waals surface area contributed by atoms with Gasteiger partial charge in [0.15, 0.2) is 0 Å². The van der Waals surface area contributed by atoms with Crippen molar-refractivity contribution in [2.75, 3.05) is 43.4 Å². The number of pyridine rings is 1. The predicted molar refractivity (Wildman–Crippen MR) is 98.4 cm³/mol. The van der Waals surface area contributed by atoms with E-state index < -0.39 is 0 Å². The van der Waals surface area contributed by atoms with Crippen molar-refractivity contribution in [1.82, 2.24) is 9.88 Å². The number of anilines is 2. The number of rotatable bonds is 3. The van der Waals surface area contributed by atoms with E-state index in [0.717, 1.165) is 31.9 Å². The normalized spacial score (nSPS) is 15.4. The van der Waals surface area contributed by atoms with Crippen LogP contribution in [-0.4, -0.2) is 49.0 Å². The second-order valence-corrected chi connectivity index (χ2v) is 6.55. The molecule has 1 aliphatic heterocycles. The van der Waals surface area contributed by atoms with Gasteiger partial charge in [0, 0.05) is 38.1 Å². The van der Waals surface area contributed by atoms with E-state index in [2.05, 4.69) is 27.1 Å². The zero-order chi connectivity index (χ0) is 17.1. The van der Waals surface area contributed by atoms with Gasteiger partial charge in [0.25, 0.3) is 5.91 Å². The molecule has 1 fully saturated rings. The Bertz CT molecular complexity index is 725. The van der Waals surface area contributed by atoms with Crippen LogP contribution in [0, 0.1) is 0 Å². The highest BCUT2D eigenvalue weighted by Gasteiger charge is 2.17. The summed E-state index contributed by atoms with van der Waals surface area (Å²) in [5.41, 5.74) is 1.73. The maximum Gasteiger partial charge on any atom is 0.274 e. The molecule has 1 amide bonds. The number of amides is 1. The molecule has 0 bridgehead atoms. The summed E-state index contributed by atoms with van der Waals surface area (Å²) in [5, 5.41) is 3.53. The number of para-hydroxylation sites is 1. The Kier molecular flexibility index (Phi) is 5.23. The second-order valence-electron chi connectivity index (χ2n) is 5.74. The Morgan fingerprint density at radius 2 is 1.79 bits per heavy atom. The fourth-order valence-electron chi connectivity index (χ4n) is 2.60. The van der Waals surface area contributed by atoms with Crippen molar-refractivity contribution in [3.63, 3.8) is 0 Å². The van der Waals surface area contributed by atoms with Crippen LogP contribution in [0.2, 0.25) is 10.0 Å². The van der Waals surface area contributed by atoms with Gasteiger partial charge in [-0.1, -0.05) is 29.3 Å². The van der Waals surface area contributed by atoms with E-state index in [1.165, 1.54) is 0 Å². The first kappa shape index (κ1) is 17.0. The summed E-state index contributed by atoms with van der Waals surface area (Å²) in [6.45, 7) is 3.86. The number of hydrogen-bond acceptors (Lipinski definition) is 4. The maximum absolute atomic E-state index is 12.5. The fraction of sp³-hybridized carbons (Fsp3) is 0.294. The fourth-order valence-corrected chi connectivity index (χ4v) is 3.09. The molecule has 1 aromatic heterocycles. The Labute approximate surface area is 151 Å². The number of carbonyl (C=O) groups excluding carboxylic acids is 1. The van der Waals surface area contributed by atoms with Gasteiger partial charge in [-0.3, -0.25) is 9.78 Å². The summed E-state index contributed by atoms with van der Waals surface area (Å²) >= 11 is 12.2. The minimum Gasteiger partial charge on any atom is -0.369 e. The minimum absolute atomic E-state index is 0.332. The van der Waals surface area contributed by atoms with Gasteiger partial charge in [-0.05, 0) is 31.3 Å². The van der Waals surface area contributed by atoms with Gasteiger partial charge >= 0.3 is 0 Å². The van der Waals surface area contributed by atoms with E-state index in [1.807, 2.05) is 6.07 Å². The highest BCUT2D eigenvalue weighted by atomic mass is 35.5. The van der Waals surface area contributed by atoms with Crippen molar-refractivity contribution in [1.29, 1.82) is 0 Å². The van der Waals surface area contributed by atoms with Crippen LogP contribution in [0.15, 0.2) is 36.5 Å². The van der Waals surface area contributed by atoms with E-state index >= 15 is 0 Å². The van der Waals surface area contributed by atoms with Crippen LogP contribution >= 0.6 is 23.2 Å². The number of hydrogen-bond donors (Lipinski definition) is 1. The van der Waals surface area contributed by atoms with Gasteiger partial charge in [0.2, 0.25) is 0 Å². The van der Waals surface area contributed by atoms with Crippen LogP contribution in [0.4, 0.5) is 11.4 Å². The Balaban J connectivity index is 1.77. The largest absolute Gasteiger partial charge is 0.369 e. The van der Waals surface area contributed by atoms with Gasteiger partial charge in [0.05, 0.1) is 15.7 Å². The van der Waals surface area contributed by atoms with Gasteiger partial charge < -0.3 is 15.1 Å². The summed E-state index contributed by atoms with van der Waals surface area (Å²) in [6, 6.07) is 8.80. The van der Waals surface area contributed by atoms with E-state index in [-0.39, 0.29) is 5.91 Å². The summed E-state index contributed by atoms with van der Waals surface area (Å²) in [5.74, 6) is -0.332. The van der Waals surface area contributed by atoms with Gasteiger partial charge in [-0.25, -0.2) is 0 Å². The zero-order valence-electron chi connectivity index (χ0n) is 13.3. The van der Waals surface area contributed by atoms with Gasteiger partial charge in [0.1, 0.15) is 5.69 Å². The zero-order valence-corrected chi connectivity index (χ0v) is 14.8. The monoisotopic (exact) mass is 364 g/mol. The number of carbonyl (C=O) groups is 1. The number of piperazine rings is 1. The molecule has 1 aromatic carbocycles. The van der Waals surface area contributed by atoms with Crippen molar-refractivity contribution in [3.8, 4) is 0 Å². The van der Waals surface area contributed by atoms with Crippen LogP contribution < -0.4 is 10.2 Å². The summed E-state index contributed by atoms with van der Waals surface area (Å²) in [7, 11) is 2.11. The van der Waals surface area contributed by atoms with Crippen molar-refractivity contribution in [3.05, 3.63) is 52.3 Å². The van der Waals surface area contributed by atoms with Crippen molar-refractivity contribution >= 4 is 40.5 Å². The average molecular weight is 365 g/mol. The Morgan fingerprint density at radius 3 is 2.46 bits per heavy atom. The Hall–Kier alpha value is -1.82. The standard InChI is InChI=1S/C17H18Cl2N4O/c1-22-7-9-23(10-8-22)12-5-6-20-15(11-12)17(24)21-16-13(18)3-2-4-14(16)19/h2-6,11H,7-10H2,1H3,(H,21,24). The molecule has 0 saturated carbocycles.